The number of aromatic hydroxyl groups is 1. The van der Waals surface area contributed by atoms with E-state index in [1.807, 2.05) is 45.0 Å². The van der Waals surface area contributed by atoms with Gasteiger partial charge in [-0.1, -0.05) is 24.3 Å². The molecule has 3 aromatic carbocycles. The lowest BCUT2D eigenvalue weighted by Gasteiger charge is -2.42. The molecule has 41 heavy (non-hydrogen) atoms. The van der Waals surface area contributed by atoms with E-state index in [1.165, 1.54) is 24.3 Å². The average Bonchev–Trinajstić information content (AvgIpc) is 2.92. The van der Waals surface area contributed by atoms with Gasteiger partial charge in [-0.3, -0.25) is 4.90 Å². The molecular weight excluding hydrogens is 569 g/mol. The second kappa shape index (κ2) is 14.2. The summed E-state index contributed by atoms with van der Waals surface area (Å²) in [6.07, 6.45) is 2.78. The lowest BCUT2D eigenvalue weighted by molar-refractivity contribution is 0.0331. The minimum atomic E-state index is -0.255. The van der Waals surface area contributed by atoms with Gasteiger partial charge in [-0.25, -0.2) is 8.78 Å². The summed E-state index contributed by atoms with van der Waals surface area (Å²) in [7, 11) is 0. The molecule has 0 radical (unpaired) electrons. The fraction of sp³-hybridized carbons (Fsp3) is 0.438. The molecule has 2 aliphatic heterocycles. The molecule has 5 nitrogen and oxygen atoms in total. The zero-order valence-corrected chi connectivity index (χ0v) is 25.8. The molecule has 2 heterocycles. The molecule has 0 saturated carbocycles. The van der Waals surface area contributed by atoms with Crippen LogP contribution in [-0.2, 0) is 6.42 Å². The Bertz CT molecular complexity index is 1250. The number of benzene rings is 3. The molecule has 0 aliphatic carbocycles. The number of piperazine rings is 1. The standard InChI is InChI=1S/C32H38F2N2O2.2ClH.H2O/c1-21-22(2)31-28(23(3)30(21)37)13-14-32(4,38-31)15-16-35-17-19-36(20-18-35)29(24-5-9-26(33)10-6-24)25-7-11-27(34)12-8-25;;;/h5-12,29,37H,13-20H2,1-4H3;2*1H;1H2. The summed E-state index contributed by atoms with van der Waals surface area (Å²) in [5.41, 5.74) is 5.81. The second-order valence-electron chi connectivity index (χ2n) is 11.2. The smallest absolute Gasteiger partial charge is 0.127 e. The third-order valence-electron chi connectivity index (χ3n) is 8.69. The van der Waals surface area contributed by atoms with Crippen molar-refractivity contribution in [2.75, 3.05) is 32.7 Å². The maximum Gasteiger partial charge on any atom is 0.127 e. The first kappa shape index (κ1) is 34.8. The number of phenolic OH excluding ortho intramolecular Hbond substituents is 1. The second-order valence-corrected chi connectivity index (χ2v) is 11.2. The van der Waals surface area contributed by atoms with Gasteiger partial charge in [0.2, 0.25) is 0 Å². The van der Waals surface area contributed by atoms with Gasteiger partial charge >= 0.3 is 0 Å². The Morgan fingerprint density at radius 2 is 1.34 bits per heavy atom. The molecule has 0 spiro atoms. The molecule has 1 unspecified atom stereocenters. The van der Waals surface area contributed by atoms with Crippen molar-refractivity contribution in [1.82, 2.24) is 9.80 Å². The Balaban J connectivity index is 0.00000196. The van der Waals surface area contributed by atoms with E-state index in [9.17, 15) is 13.9 Å². The molecule has 3 aromatic rings. The van der Waals surface area contributed by atoms with Crippen molar-refractivity contribution in [2.45, 2.75) is 58.6 Å². The van der Waals surface area contributed by atoms with Crippen LogP contribution in [0.5, 0.6) is 11.5 Å². The number of rotatable bonds is 6. The third-order valence-corrected chi connectivity index (χ3v) is 8.69. The molecule has 0 bridgehead atoms. The van der Waals surface area contributed by atoms with Gasteiger partial charge in [0.1, 0.15) is 28.7 Å². The van der Waals surface area contributed by atoms with Crippen LogP contribution in [0, 0.1) is 32.4 Å². The number of ether oxygens (including phenoxy) is 1. The quantitative estimate of drug-likeness (QED) is 0.346. The monoisotopic (exact) mass is 610 g/mol. The summed E-state index contributed by atoms with van der Waals surface area (Å²) in [5, 5.41) is 10.5. The van der Waals surface area contributed by atoms with Gasteiger partial charge in [-0.05, 0) is 99.0 Å². The van der Waals surface area contributed by atoms with Crippen LogP contribution in [0.25, 0.3) is 0 Å². The van der Waals surface area contributed by atoms with E-state index in [0.29, 0.717) is 5.75 Å². The van der Waals surface area contributed by atoms with Gasteiger partial charge in [0.25, 0.3) is 0 Å². The predicted octanol–water partition coefficient (Wildman–Crippen LogP) is 6.50. The van der Waals surface area contributed by atoms with Crippen LogP contribution in [0.3, 0.4) is 0 Å². The summed E-state index contributed by atoms with van der Waals surface area (Å²) in [6.45, 7) is 12.7. The summed E-state index contributed by atoms with van der Waals surface area (Å²) in [4.78, 5) is 4.90. The molecule has 0 amide bonds. The number of fused-ring (bicyclic) bond motifs is 1. The summed E-state index contributed by atoms with van der Waals surface area (Å²) < 4.78 is 33.9. The molecule has 0 aromatic heterocycles. The normalized spacial score (nSPS) is 18.9. The van der Waals surface area contributed by atoms with Gasteiger partial charge in [0.05, 0.1) is 6.04 Å². The third kappa shape index (κ3) is 7.33. The summed E-state index contributed by atoms with van der Waals surface area (Å²) >= 11 is 0. The van der Waals surface area contributed by atoms with E-state index < -0.39 is 0 Å². The topological polar surface area (TPSA) is 67.4 Å². The molecular formula is C32H42Cl2F2N2O3. The summed E-state index contributed by atoms with van der Waals surface area (Å²) in [5.74, 6) is 0.841. The molecule has 2 aliphatic rings. The zero-order chi connectivity index (χ0) is 27.0. The van der Waals surface area contributed by atoms with Crippen LogP contribution < -0.4 is 4.74 Å². The van der Waals surface area contributed by atoms with Crippen LogP contribution in [0.15, 0.2) is 48.5 Å². The van der Waals surface area contributed by atoms with E-state index >= 15 is 0 Å². The van der Waals surface area contributed by atoms with Crippen LogP contribution in [-0.4, -0.2) is 58.7 Å². The molecule has 9 heteroatoms. The molecule has 226 valence electrons. The van der Waals surface area contributed by atoms with E-state index in [4.69, 9.17) is 4.74 Å². The van der Waals surface area contributed by atoms with E-state index in [-0.39, 0.29) is 53.6 Å². The molecule has 1 atom stereocenters. The fourth-order valence-corrected chi connectivity index (χ4v) is 6.01. The fourth-order valence-electron chi connectivity index (χ4n) is 6.01. The molecule has 1 saturated heterocycles. The van der Waals surface area contributed by atoms with Gasteiger partial charge < -0.3 is 20.2 Å². The van der Waals surface area contributed by atoms with Crippen LogP contribution in [0.2, 0.25) is 0 Å². The van der Waals surface area contributed by atoms with Gasteiger partial charge in [0.15, 0.2) is 0 Å². The van der Waals surface area contributed by atoms with E-state index in [1.54, 1.807) is 0 Å². The van der Waals surface area contributed by atoms with Crippen molar-refractivity contribution < 1.29 is 24.1 Å². The number of nitrogens with zero attached hydrogens (tertiary/aromatic N) is 2. The van der Waals surface area contributed by atoms with Crippen molar-refractivity contribution in [1.29, 1.82) is 0 Å². The first-order chi connectivity index (χ1) is 18.1. The largest absolute Gasteiger partial charge is 0.507 e. The first-order valence-corrected chi connectivity index (χ1v) is 13.6. The Labute approximate surface area is 254 Å². The van der Waals surface area contributed by atoms with Crippen molar-refractivity contribution in [3.8, 4) is 11.5 Å². The Morgan fingerprint density at radius 3 is 1.85 bits per heavy atom. The lowest BCUT2D eigenvalue weighted by atomic mass is 9.85. The van der Waals surface area contributed by atoms with Gasteiger partial charge in [-0.15, -0.1) is 24.8 Å². The van der Waals surface area contributed by atoms with Gasteiger partial charge in [0, 0.05) is 38.3 Å². The highest BCUT2D eigenvalue weighted by molar-refractivity contribution is 5.85. The lowest BCUT2D eigenvalue weighted by Crippen LogP contribution is -2.49. The van der Waals surface area contributed by atoms with Crippen LogP contribution in [0.1, 0.15) is 59.2 Å². The minimum Gasteiger partial charge on any atom is -0.507 e. The summed E-state index contributed by atoms with van der Waals surface area (Å²) in [6, 6.07) is 13.3. The van der Waals surface area contributed by atoms with E-state index in [2.05, 4.69) is 16.7 Å². The Hall–Kier alpha value is -2.42. The number of hydrogen-bond acceptors (Lipinski definition) is 4. The van der Waals surface area contributed by atoms with Crippen molar-refractivity contribution in [2.24, 2.45) is 0 Å². The number of phenols is 1. The molecule has 1 fully saturated rings. The first-order valence-electron chi connectivity index (χ1n) is 13.6. The number of hydrogen-bond donors (Lipinski definition) is 1. The minimum absolute atomic E-state index is 0. The predicted molar refractivity (Wildman–Crippen MR) is 165 cm³/mol. The molecule has 5 rings (SSSR count). The average molecular weight is 612 g/mol. The van der Waals surface area contributed by atoms with Crippen LogP contribution in [0.4, 0.5) is 8.78 Å². The van der Waals surface area contributed by atoms with Crippen molar-refractivity contribution >= 4 is 24.8 Å². The van der Waals surface area contributed by atoms with Crippen molar-refractivity contribution in [3.63, 3.8) is 0 Å². The maximum absolute atomic E-state index is 13.6. The van der Waals surface area contributed by atoms with Gasteiger partial charge in [-0.2, -0.15) is 0 Å². The maximum atomic E-state index is 13.6. The SMILES string of the molecule is Cc1c(C)c2c(c(C)c1O)CCC(C)(CCN1CCN(C(c3ccc(F)cc3)c3ccc(F)cc3)CC1)O2.Cl.Cl.O. The highest BCUT2D eigenvalue weighted by Gasteiger charge is 2.35. The van der Waals surface area contributed by atoms with Crippen molar-refractivity contribution in [3.05, 3.63) is 93.5 Å². The zero-order valence-electron chi connectivity index (χ0n) is 24.2. The van der Waals surface area contributed by atoms with E-state index in [0.717, 1.165) is 91.1 Å². The van der Waals surface area contributed by atoms with Crippen LogP contribution >= 0.6 is 24.8 Å². The number of halogens is 4. The molecule has 3 N–H and O–H groups in total. The Morgan fingerprint density at radius 1 is 0.829 bits per heavy atom. The Kier molecular flexibility index (Phi) is 12.0. The highest BCUT2D eigenvalue weighted by Crippen LogP contribution is 2.44. The highest BCUT2D eigenvalue weighted by atomic mass is 35.5.